The van der Waals surface area contributed by atoms with Gasteiger partial charge in [-0.25, -0.2) is 0 Å². The molecular weight excluding hydrogens is 344 g/mol. The summed E-state index contributed by atoms with van der Waals surface area (Å²) in [5.74, 6) is -0.172. The first kappa shape index (κ1) is 21.3. The zero-order chi connectivity index (χ0) is 17.5. The van der Waals surface area contributed by atoms with Crippen LogP contribution in [-0.2, 0) is 9.59 Å². The Hall–Kier alpha value is -1.79. The van der Waals surface area contributed by atoms with Gasteiger partial charge in [-0.1, -0.05) is 18.2 Å². The van der Waals surface area contributed by atoms with E-state index in [0.29, 0.717) is 45.6 Å². The van der Waals surface area contributed by atoms with E-state index >= 15 is 0 Å². The third-order valence-corrected chi connectivity index (χ3v) is 4.38. The summed E-state index contributed by atoms with van der Waals surface area (Å²) >= 11 is 0. The van der Waals surface area contributed by atoms with Crippen molar-refractivity contribution in [2.24, 2.45) is 5.92 Å². The highest BCUT2D eigenvalue weighted by Crippen LogP contribution is 2.22. The van der Waals surface area contributed by atoms with Gasteiger partial charge in [-0.05, 0) is 50.9 Å². The molecule has 1 fully saturated rings. The standard InChI is InChI=1S/C18H26N2O4.ClH/c1-13-4-3-5-14(2)17(13)24-11-8-19-16(21)12-20-9-6-15(7-10-20)18(22)23;/h3-5,15H,6-12H2,1-2H3,(H,19,21)(H,22,23);1H. The molecule has 1 aromatic carbocycles. The average Bonchev–Trinajstić information content (AvgIpc) is 2.54. The van der Waals surface area contributed by atoms with Crippen molar-refractivity contribution in [3.05, 3.63) is 29.3 Å². The number of carboxylic acid groups (broad SMARTS) is 1. The highest BCUT2D eigenvalue weighted by atomic mass is 35.5. The van der Waals surface area contributed by atoms with Gasteiger partial charge in [0.1, 0.15) is 12.4 Å². The summed E-state index contributed by atoms with van der Waals surface area (Å²) in [6.07, 6.45) is 1.22. The Morgan fingerprint density at radius 2 is 1.84 bits per heavy atom. The van der Waals surface area contributed by atoms with Crippen LogP contribution in [0.15, 0.2) is 18.2 Å². The Kier molecular flexibility index (Phi) is 8.72. The molecule has 0 spiro atoms. The fourth-order valence-electron chi connectivity index (χ4n) is 2.97. The SMILES string of the molecule is Cc1cccc(C)c1OCCNC(=O)CN1CCC(C(=O)O)CC1.Cl. The minimum atomic E-state index is -0.734. The number of rotatable bonds is 7. The molecule has 7 heteroatoms. The number of aryl methyl sites for hydroxylation is 2. The highest BCUT2D eigenvalue weighted by molar-refractivity contribution is 5.85. The van der Waals surface area contributed by atoms with E-state index in [1.54, 1.807) is 0 Å². The molecule has 6 nitrogen and oxygen atoms in total. The van der Waals surface area contributed by atoms with Crippen LogP contribution in [0.4, 0.5) is 0 Å². The van der Waals surface area contributed by atoms with Crippen molar-refractivity contribution in [1.82, 2.24) is 10.2 Å². The van der Waals surface area contributed by atoms with Gasteiger partial charge < -0.3 is 15.2 Å². The van der Waals surface area contributed by atoms with Crippen molar-refractivity contribution in [2.45, 2.75) is 26.7 Å². The van der Waals surface area contributed by atoms with Crippen LogP contribution < -0.4 is 10.1 Å². The number of ether oxygens (including phenoxy) is 1. The van der Waals surface area contributed by atoms with Gasteiger partial charge in [-0.15, -0.1) is 12.4 Å². The monoisotopic (exact) mass is 370 g/mol. The summed E-state index contributed by atoms with van der Waals surface area (Å²) in [7, 11) is 0. The summed E-state index contributed by atoms with van der Waals surface area (Å²) in [5, 5.41) is 11.8. The maximum absolute atomic E-state index is 11.9. The molecule has 1 aliphatic rings. The van der Waals surface area contributed by atoms with Gasteiger partial charge in [0.25, 0.3) is 0 Å². The molecule has 0 bridgehead atoms. The third-order valence-electron chi connectivity index (χ3n) is 4.38. The summed E-state index contributed by atoms with van der Waals surface area (Å²) in [6.45, 7) is 6.52. The number of hydrogen-bond acceptors (Lipinski definition) is 4. The van der Waals surface area contributed by atoms with E-state index in [9.17, 15) is 9.59 Å². The Morgan fingerprint density at radius 1 is 1.24 bits per heavy atom. The lowest BCUT2D eigenvalue weighted by atomic mass is 9.97. The number of aliphatic carboxylic acids is 1. The lowest BCUT2D eigenvalue weighted by Gasteiger charge is -2.29. The lowest BCUT2D eigenvalue weighted by Crippen LogP contribution is -2.43. The average molecular weight is 371 g/mol. The molecule has 1 saturated heterocycles. The van der Waals surface area contributed by atoms with Crippen molar-refractivity contribution in [2.75, 3.05) is 32.8 Å². The quantitative estimate of drug-likeness (QED) is 0.718. The molecular formula is C18H27ClN2O4. The number of benzene rings is 1. The zero-order valence-corrected chi connectivity index (χ0v) is 15.6. The largest absolute Gasteiger partial charge is 0.491 e. The number of carbonyl (C=O) groups is 2. The van der Waals surface area contributed by atoms with Crippen LogP contribution >= 0.6 is 12.4 Å². The van der Waals surface area contributed by atoms with E-state index in [4.69, 9.17) is 9.84 Å². The minimum absolute atomic E-state index is 0. The molecule has 0 atom stereocenters. The smallest absolute Gasteiger partial charge is 0.306 e. The van der Waals surface area contributed by atoms with Crippen molar-refractivity contribution in [1.29, 1.82) is 0 Å². The number of carboxylic acids is 1. The molecule has 0 saturated carbocycles. The Bertz CT molecular complexity index is 566. The third kappa shape index (κ3) is 6.55. The summed E-state index contributed by atoms with van der Waals surface area (Å²) in [6, 6.07) is 6.00. The second-order valence-corrected chi connectivity index (χ2v) is 6.31. The molecule has 0 radical (unpaired) electrons. The number of amides is 1. The fourth-order valence-corrected chi connectivity index (χ4v) is 2.97. The van der Waals surface area contributed by atoms with Gasteiger partial charge in [-0.3, -0.25) is 14.5 Å². The lowest BCUT2D eigenvalue weighted by molar-refractivity contribution is -0.143. The van der Waals surface area contributed by atoms with Crippen LogP contribution in [0.2, 0.25) is 0 Å². The molecule has 25 heavy (non-hydrogen) atoms. The molecule has 1 aliphatic heterocycles. The van der Waals surface area contributed by atoms with E-state index in [1.807, 2.05) is 36.9 Å². The van der Waals surface area contributed by atoms with Gasteiger partial charge in [-0.2, -0.15) is 0 Å². The van der Waals surface area contributed by atoms with Crippen molar-refractivity contribution in [3.8, 4) is 5.75 Å². The molecule has 2 rings (SSSR count). The number of likely N-dealkylation sites (tertiary alicyclic amines) is 1. The number of piperidine rings is 1. The van der Waals surface area contributed by atoms with Crippen molar-refractivity contribution >= 4 is 24.3 Å². The number of para-hydroxylation sites is 1. The minimum Gasteiger partial charge on any atom is -0.491 e. The number of carbonyl (C=O) groups excluding carboxylic acids is 1. The molecule has 1 heterocycles. The molecule has 0 aliphatic carbocycles. The molecule has 140 valence electrons. The normalized spacial score (nSPS) is 15.3. The van der Waals surface area contributed by atoms with Crippen molar-refractivity contribution < 1.29 is 19.4 Å². The van der Waals surface area contributed by atoms with Crippen molar-refractivity contribution in [3.63, 3.8) is 0 Å². The first-order valence-electron chi connectivity index (χ1n) is 8.38. The summed E-state index contributed by atoms with van der Waals surface area (Å²) in [5.41, 5.74) is 2.17. The predicted octanol–water partition coefficient (Wildman–Crippen LogP) is 2.02. The predicted molar refractivity (Wildman–Crippen MR) is 98.5 cm³/mol. The fraction of sp³-hybridized carbons (Fsp3) is 0.556. The van der Waals surface area contributed by atoms with E-state index in [2.05, 4.69) is 5.32 Å². The van der Waals surface area contributed by atoms with E-state index in [0.717, 1.165) is 16.9 Å². The number of nitrogens with zero attached hydrogens (tertiary/aromatic N) is 1. The Balaban J connectivity index is 0.00000312. The number of hydrogen-bond donors (Lipinski definition) is 2. The van der Waals surface area contributed by atoms with Gasteiger partial charge in [0, 0.05) is 0 Å². The van der Waals surface area contributed by atoms with Crippen LogP contribution in [0.5, 0.6) is 5.75 Å². The molecule has 1 amide bonds. The Morgan fingerprint density at radius 3 is 2.40 bits per heavy atom. The maximum Gasteiger partial charge on any atom is 0.306 e. The first-order valence-corrected chi connectivity index (χ1v) is 8.38. The second kappa shape index (κ2) is 10.3. The first-order chi connectivity index (χ1) is 11.5. The zero-order valence-electron chi connectivity index (χ0n) is 14.8. The summed E-state index contributed by atoms with van der Waals surface area (Å²) in [4.78, 5) is 24.9. The topological polar surface area (TPSA) is 78.9 Å². The highest BCUT2D eigenvalue weighted by Gasteiger charge is 2.25. The second-order valence-electron chi connectivity index (χ2n) is 6.31. The van der Waals surface area contributed by atoms with E-state index in [-0.39, 0.29) is 24.2 Å². The molecule has 2 N–H and O–H groups in total. The number of nitrogens with one attached hydrogen (secondary N) is 1. The van der Waals surface area contributed by atoms with Crippen LogP contribution in [-0.4, -0.2) is 54.7 Å². The summed E-state index contributed by atoms with van der Waals surface area (Å²) < 4.78 is 5.75. The van der Waals surface area contributed by atoms with Gasteiger partial charge in [0.15, 0.2) is 0 Å². The van der Waals surface area contributed by atoms with Crippen LogP contribution in [0.3, 0.4) is 0 Å². The van der Waals surface area contributed by atoms with Gasteiger partial charge >= 0.3 is 5.97 Å². The number of halogens is 1. The van der Waals surface area contributed by atoms with Gasteiger partial charge in [0.2, 0.25) is 5.91 Å². The van der Waals surface area contributed by atoms with Crippen LogP contribution in [0.1, 0.15) is 24.0 Å². The maximum atomic E-state index is 11.9. The van der Waals surface area contributed by atoms with Gasteiger partial charge in [0.05, 0.1) is 19.0 Å². The molecule has 0 unspecified atom stereocenters. The molecule has 1 aromatic rings. The van der Waals surface area contributed by atoms with Crippen LogP contribution in [0, 0.1) is 19.8 Å². The molecule has 0 aromatic heterocycles. The van der Waals surface area contributed by atoms with E-state index in [1.165, 1.54) is 0 Å². The Labute approximate surface area is 154 Å². The van der Waals surface area contributed by atoms with E-state index < -0.39 is 5.97 Å². The van der Waals surface area contributed by atoms with Crippen LogP contribution in [0.25, 0.3) is 0 Å².